The van der Waals surface area contributed by atoms with Gasteiger partial charge in [0.15, 0.2) is 17.5 Å². The van der Waals surface area contributed by atoms with E-state index in [1.807, 2.05) is 25.1 Å². The van der Waals surface area contributed by atoms with Crippen LogP contribution in [-0.2, 0) is 0 Å². The molecule has 0 aliphatic heterocycles. The van der Waals surface area contributed by atoms with E-state index >= 15 is 0 Å². The van der Waals surface area contributed by atoms with Crippen molar-refractivity contribution in [2.75, 3.05) is 0 Å². The van der Waals surface area contributed by atoms with Crippen molar-refractivity contribution in [1.82, 2.24) is 19.9 Å². The minimum atomic E-state index is 0.629. The summed E-state index contributed by atoms with van der Waals surface area (Å²) in [7, 11) is 0. The smallest absolute Gasteiger partial charge is 0.164 e. The molecule has 4 nitrogen and oxygen atoms in total. The van der Waals surface area contributed by atoms with Gasteiger partial charge >= 0.3 is 0 Å². The molecule has 47 heavy (non-hydrogen) atoms. The molecule has 7 aromatic carbocycles. The number of pyridine rings is 1. The number of fused-ring (bicyclic) bond motifs is 6. The second-order valence-corrected chi connectivity index (χ2v) is 12.0. The fourth-order valence-electron chi connectivity index (χ4n) is 6.54. The van der Waals surface area contributed by atoms with E-state index in [4.69, 9.17) is 19.9 Å². The van der Waals surface area contributed by atoms with E-state index < -0.39 is 0 Å². The Bertz CT molecular complexity index is 2500. The van der Waals surface area contributed by atoms with Crippen molar-refractivity contribution < 1.29 is 0 Å². The van der Waals surface area contributed by atoms with Crippen LogP contribution < -0.4 is 0 Å². The maximum absolute atomic E-state index is 5.12. The van der Waals surface area contributed by atoms with Crippen molar-refractivity contribution >= 4 is 43.1 Å². The van der Waals surface area contributed by atoms with Gasteiger partial charge in [-0.2, -0.15) is 0 Å². The Labute approximate surface area is 272 Å². The predicted octanol–water partition coefficient (Wildman–Crippen LogP) is 10.9. The summed E-state index contributed by atoms with van der Waals surface area (Å²) in [4.78, 5) is 20.0. The van der Waals surface area contributed by atoms with Gasteiger partial charge in [-0.15, -0.1) is 0 Å². The molecule has 0 saturated carbocycles. The van der Waals surface area contributed by atoms with Crippen molar-refractivity contribution in [3.8, 4) is 45.4 Å². The topological polar surface area (TPSA) is 51.6 Å². The Kier molecular flexibility index (Phi) is 6.32. The molecule has 0 unspecified atom stereocenters. The lowest BCUT2D eigenvalue weighted by atomic mass is 9.99. The van der Waals surface area contributed by atoms with Gasteiger partial charge in [0.25, 0.3) is 0 Å². The minimum absolute atomic E-state index is 0.629. The van der Waals surface area contributed by atoms with Gasteiger partial charge < -0.3 is 0 Å². The zero-order valence-electron chi connectivity index (χ0n) is 25.7. The van der Waals surface area contributed by atoms with Crippen LogP contribution in [0.4, 0.5) is 0 Å². The van der Waals surface area contributed by atoms with Crippen LogP contribution in [0.1, 0.15) is 5.69 Å². The molecule has 0 fully saturated rings. The lowest BCUT2D eigenvalue weighted by Gasteiger charge is -2.11. The molecule has 0 radical (unpaired) electrons. The second kappa shape index (κ2) is 11.0. The highest BCUT2D eigenvalue weighted by Gasteiger charge is 2.15. The number of hydrogen-bond acceptors (Lipinski definition) is 4. The maximum atomic E-state index is 5.12. The zero-order chi connectivity index (χ0) is 31.3. The first-order chi connectivity index (χ1) is 23.2. The molecule has 220 valence electrons. The van der Waals surface area contributed by atoms with Gasteiger partial charge in [-0.25, -0.2) is 15.0 Å². The molecular formula is C43H28N4. The number of hydrogen-bond donors (Lipinski definition) is 0. The van der Waals surface area contributed by atoms with Gasteiger partial charge in [0.2, 0.25) is 0 Å². The molecule has 0 bridgehead atoms. The van der Waals surface area contributed by atoms with Crippen LogP contribution in [0, 0.1) is 6.92 Å². The summed E-state index contributed by atoms with van der Waals surface area (Å²) >= 11 is 0. The molecule has 4 heteroatoms. The Morgan fingerprint density at radius 3 is 1.28 bits per heavy atom. The first-order valence-electron chi connectivity index (χ1n) is 15.8. The lowest BCUT2D eigenvalue weighted by Crippen LogP contribution is -2.00. The molecule has 0 spiro atoms. The van der Waals surface area contributed by atoms with Crippen molar-refractivity contribution in [2.24, 2.45) is 0 Å². The second-order valence-electron chi connectivity index (χ2n) is 12.0. The SMILES string of the molecule is Cc1cccc(-c2ccc(-c3nc(-c4ccc5ccc6ccccc6c5c4)nc(-c4ccc5ccc6ccccc6c5c4)n3)cc2)n1. The van der Waals surface area contributed by atoms with Crippen LogP contribution in [0.5, 0.6) is 0 Å². The molecule has 2 aromatic heterocycles. The average molecular weight is 601 g/mol. The van der Waals surface area contributed by atoms with E-state index in [9.17, 15) is 0 Å². The summed E-state index contributed by atoms with van der Waals surface area (Å²) in [6.45, 7) is 2.01. The summed E-state index contributed by atoms with van der Waals surface area (Å²) in [6, 6.07) is 53.1. The summed E-state index contributed by atoms with van der Waals surface area (Å²) in [5.74, 6) is 1.91. The van der Waals surface area contributed by atoms with Crippen LogP contribution in [0.25, 0.3) is 88.5 Å². The highest BCUT2D eigenvalue weighted by molar-refractivity contribution is 6.09. The van der Waals surface area contributed by atoms with E-state index in [-0.39, 0.29) is 0 Å². The number of benzene rings is 7. The van der Waals surface area contributed by atoms with Gasteiger partial charge in [-0.1, -0.05) is 127 Å². The number of rotatable bonds is 4. The summed E-state index contributed by atoms with van der Waals surface area (Å²) in [5.41, 5.74) is 5.81. The highest BCUT2D eigenvalue weighted by atomic mass is 15.0. The Hall–Kier alpha value is -6.26. The van der Waals surface area contributed by atoms with Crippen LogP contribution in [-0.4, -0.2) is 19.9 Å². The molecule has 9 rings (SSSR count). The molecule has 0 amide bonds. The third-order valence-electron chi connectivity index (χ3n) is 8.97. The Morgan fingerprint density at radius 1 is 0.319 bits per heavy atom. The van der Waals surface area contributed by atoms with Crippen LogP contribution in [0.2, 0.25) is 0 Å². The molecule has 0 aliphatic rings. The monoisotopic (exact) mass is 600 g/mol. The molecule has 0 aliphatic carbocycles. The van der Waals surface area contributed by atoms with Gasteiger partial charge in [-0.3, -0.25) is 4.98 Å². The molecule has 9 aromatic rings. The molecule has 0 saturated heterocycles. The summed E-state index contributed by atoms with van der Waals surface area (Å²) in [6.07, 6.45) is 0. The molecular weight excluding hydrogens is 573 g/mol. The minimum Gasteiger partial charge on any atom is -0.253 e. The van der Waals surface area contributed by atoms with Crippen LogP contribution >= 0.6 is 0 Å². The van der Waals surface area contributed by atoms with Gasteiger partial charge in [0, 0.05) is 27.9 Å². The fraction of sp³-hybridized carbons (Fsp3) is 0.0233. The molecule has 2 heterocycles. The average Bonchev–Trinajstić information content (AvgIpc) is 3.14. The first kappa shape index (κ1) is 27.1. The van der Waals surface area contributed by atoms with Crippen LogP contribution in [0.15, 0.2) is 152 Å². The van der Waals surface area contributed by atoms with Gasteiger partial charge in [-0.05, 0) is 74.3 Å². The third-order valence-corrected chi connectivity index (χ3v) is 8.97. The Morgan fingerprint density at radius 2 is 0.745 bits per heavy atom. The fourth-order valence-corrected chi connectivity index (χ4v) is 6.54. The van der Waals surface area contributed by atoms with E-state index in [1.165, 1.54) is 43.1 Å². The van der Waals surface area contributed by atoms with Crippen molar-refractivity contribution in [3.63, 3.8) is 0 Å². The Balaban J connectivity index is 1.23. The summed E-state index contributed by atoms with van der Waals surface area (Å²) in [5, 5.41) is 9.56. The number of aromatic nitrogens is 4. The number of nitrogens with zero attached hydrogens (tertiary/aromatic N) is 4. The highest BCUT2D eigenvalue weighted by Crippen LogP contribution is 2.33. The third kappa shape index (κ3) is 4.88. The normalized spacial score (nSPS) is 11.5. The van der Waals surface area contributed by atoms with Gasteiger partial charge in [0.05, 0.1) is 5.69 Å². The van der Waals surface area contributed by atoms with Crippen molar-refractivity contribution in [3.05, 3.63) is 157 Å². The standard InChI is InChI=1S/C43H28N4/c1-27-7-6-12-40(44-27)32-19-21-33(22-20-32)41-45-42(34-23-17-30-15-13-28-8-2-4-10-36(28)38(30)25-34)47-43(46-41)35-24-18-31-16-14-29-9-3-5-11-37(29)39(31)26-35/h2-26H,1H3. The quantitative estimate of drug-likeness (QED) is 0.189. The van der Waals surface area contributed by atoms with E-state index in [0.717, 1.165) is 33.6 Å². The van der Waals surface area contributed by atoms with E-state index in [2.05, 4.69) is 133 Å². The van der Waals surface area contributed by atoms with E-state index in [1.54, 1.807) is 0 Å². The van der Waals surface area contributed by atoms with Crippen molar-refractivity contribution in [1.29, 1.82) is 0 Å². The molecule has 0 N–H and O–H groups in total. The zero-order valence-corrected chi connectivity index (χ0v) is 25.7. The van der Waals surface area contributed by atoms with Crippen molar-refractivity contribution in [2.45, 2.75) is 6.92 Å². The largest absolute Gasteiger partial charge is 0.253 e. The number of aryl methyl sites for hydroxylation is 1. The van der Waals surface area contributed by atoms with E-state index in [0.29, 0.717) is 17.5 Å². The molecule has 0 atom stereocenters. The van der Waals surface area contributed by atoms with Crippen LogP contribution in [0.3, 0.4) is 0 Å². The summed E-state index contributed by atoms with van der Waals surface area (Å²) < 4.78 is 0. The first-order valence-corrected chi connectivity index (χ1v) is 15.8. The lowest BCUT2D eigenvalue weighted by molar-refractivity contribution is 1.07. The maximum Gasteiger partial charge on any atom is 0.164 e. The predicted molar refractivity (Wildman–Crippen MR) is 194 cm³/mol. The van der Waals surface area contributed by atoms with Gasteiger partial charge in [0.1, 0.15) is 0 Å².